The molecule has 0 bridgehead atoms. The maximum atomic E-state index is 12.8. The van der Waals surface area contributed by atoms with E-state index < -0.39 is 0 Å². The number of aromatic nitrogens is 3. The number of benzene rings is 3. The normalized spacial score (nSPS) is 10.6. The van der Waals surface area contributed by atoms with Gasteiger partial charge < -0.3 is 14.8 Å². The molecule has 0 atom stereocenters. The summed E-state index contributed by atoms with van der Waals surface area (Å²) in [4.78, 5) is 30.0. The van der Waals surface area contributed by atoms with Crippen molar-refractivity contribution in [1.29, 1.82) is 5.26 Å². The first-order valence-electron chi connectivity index (χ1n) is 13.0. The molecule has 0 fully saturated rings. The van der Waals surface area contributed by atoms with Crippen LogP contribution in [0.15, 0.2) is 101 Å². The van der Waals surface area contributed by atoms with Gasteiger partial charge in [0, 0.05) is 34.9 Å². The van der Waals surface area contributed by atoms with Crippen LogP contribution in [0, 0.1) is 11.3 Å². The molecule has 0 unspecified atom stereocenters. The Morgan fingerprint density at radius 3 is 2.40 bits per heavy atom. The summed E-state index contributed by atoms with van der Waals surface area (Å²) >= 11 is 1.31. The molecule has 3 aromatic carbocycles. The lowest BCUT2D eigenvalue weighted by molar-refractivity contribution is -0.115. The molecule has 0 aliphatic rings. The molecule has 210 valence electrons. The van der Waals surface area contributed by atoms with Crippen LogP contribution in [0.25, 0.3) is 28.1 Å². The van der Waals surface area contributed by atoms with Gasteiger partial charge in [-0.05, 0) is 24.3 Å². The zero-order chi connectivity index (χ0) is 29.5. The van der Waals surface area contributed by atoms with E-state index in [-0.39, 0.29) is 17.9 Å². The lowest BCUT2D eigenvalue weighted by Crippen LogP contribution is -2.14. The third-order valence-corrected chi connectivity index (χ3v) is 7.41. The van der Waals surface area contributed by atoms with Gasteiger partial charge in [-0.15, -0.1) is 11.8 Å². The number of methoxy groups -OCH3 is 2. The molecule has 0 saturated heterocycles. The van der Waals surface area contributed by atoms with Gasteiger partial charge in [-0.3, -0.25) is 14.7 Å². The molecule has 10 heteroatoms. The molecule has 0 aliphatic heterocycles. The molecular weight excluding hydrogens is 550 g/mol. The third-order valence-electron chi connectivity index (χ3n) is 6.44. The lowest BCUT2D eigenvalue weighted by Gasteiger charge is -2.16. The monoisotopic (exact) mass is 577 g/mol. The predicted octanol–water partition coefficient (Wildman–Crippen LogP) is 5.90. The van der Waals surface area contributed by atoms with Gasteiger partial charge in [-0.2, -0.15) is 5.26 Å². The van der Waals surface area contributed by atoms with Gasteiger partial charge in [0.2, 0.25) is 5.91 Å². The lowest BCUT2D eigenvalue weighted by atomic mass is 9.98. The molecule has 9 nitrogen and oxygen atoms in total. The van der Waals surface area contributed by atoms with Crippen molar-refractivity contribution in [2.75, 3.05) is 25.3 Å². The van der Waals surface area contributed by atoms with Gasteiger partial charge >= 0.3 is 0 Å². The van der Waals surface area contributed by atoms with Crippen molar-refractivity contribution in [1.82, 2.24) is 14.8 Å². The first-order valence-corrected chi connectivity index (χ1v) is 14.0. The summed E-state index contributed by atoms with van der Waals surface area (Å²) in [6.07, 6.45) is 0.128. The summed E-state index contributed by atoms with van der Waals surface area (Å²) in [6, 6.07) is 29.8. The summed E-state index contributed by atoms with van der Waals surface area (Å²) in [5.74, 6) is 1.42. The number of amides is 1. The molecule has 0 saturated carbocycles. The molecular formula is C32H27N5O4S. The summed E-state index contributed by atoms with van der Waals surface area (Å²) in [7, 11) is 3.12. The second-order valence-electron chi connectivity index (χ2n) is 9.08. The maximum absolute atomic E-state index is 12.8. The van der Waals surface area contributed by atoms with Gasteiger partial charge in [-0.1, -0.05) is 60.7 Å². The Morgan fingerprint density at radius 2 is 1.71 bits per heavy atom. The Labute approximate surface area is 246 Å². The van der Waals surface area contributed by atoms with E-state index in [1.54, 1.807) is 32.4 Å². The number of rotatable bonds is 10. The number of carbonyl (C=O) groups is 1. The Bertz CT molecular complexity index is 1810. The van der Waals surface area contributed by atoms with E-state index in [1.807, 2.05) is 66.7 Å². The minimum absolute atomic E-state index is 0.128. The van der Waals surface area contributed by atoms with Gasteiger partial charge in [0.25, 0.3) is 5.56 Å². The zero-order valence-corrected chi connectivity index (χ0v) is 23.8. The van der Waals surface area contributed by atoms with E-state index in [0.717, 1.165) is 5.56 Å². The molecule has 2 aromatic heterocycles. The number of thioether (sulfide) groups is 1. The zero-order valence-electron chi connectivity index (χ0n) is 23.0. The van der Waals surface area contributed by atoms with Gasteiger partial charge in [0.15, 0.2) is 11.5 Å². The maximum Gasteiger partial charge on any atom is 0.273 e. The number of hydrogen-bond acceptors (Lipinski definition) is 7. The van der Waals surface area contributed by atoms with Gasteiger partial charge in [0.1, 0.15) is 16.9 Å². The van der Waals surface area contributed by atoms with E-state index in [4.69, 9.17) is 14.5 Å². The number of para-hydroxylation sites is 2. The van der Waals surface area contributed by atoms with Crippen molar-refractivity contribution in [2.24, 2.45) is 0 Å². The Kier molecular flexibility index (Phi) is 8.70. The summed E-state index contributed by atoms with van der Waals surface area (Å²) in [5.41, 5.74) is 3.66. The fourth-order valence-corrected chi connectivity index (χ4v) is 5.43. The summed E-state index contributed by atoms with van der Waals surface area (Å²) < 4.78 is 12.5. The topological polar surface area (TPSA) is 122 Å². The van der Waals surface area contributed by atoms with Crippen LogP contribution >= 0.6 is 11.8 Å². The van der Waals surface area contributed by atoms with Crippen LogP contribution < -0.4 is 20.3 Å². The highest BCUT2D eigenvalue weighted by Crippen LogP contribution is 2.42. The second-order valence-corrected chi connectivity index (χ2v) is 10.2. The smallest absolute Gasteiger partial charge is 0.273 e. The number of carbonyl (C=O) groups excluding carboxylic acids is 1. The van der Waals surface area contributed by atoms with Crippen LogP contribution in [0.5, 0.6) is 11.5 Å². The highest BCUT2D eigenvalue weighted by Gasteiger charge is 2.20. The van der Waals surface area contributed by atoms with E-state index in [9.17, 15) is 14.9 Å². The van der Waals surface area contributed by atoms with Crippen molar-refractivity contribution >= 4 is 23.5 Å². The van der Waals surface area contributed by atoms with E-state index >= 15 is 0 Å². The number of ether oxygens (including phenoxy) is 2. The first kappa shape index (κ1) is 28.3. The highest BCUT2D eigenvalue weighted by molar-refractivity contribution is 7.99. The number of nitrogens with zero attached hydrogens (tertiary/aromatic N) is 3. The number of anilines is 1. The fourth-order valence-electron chi connectivity index (χ4n) is 4.48. The SMILES string of the molecule is COc1cccc(-c2cc(-c3ccccc3)nc(SCCC(=O)Nc3cc(=O)n(-c4ccccc4)[nH]3)c2C#N)c1OC. The molecule has 2 N–H and O–H groups in total. The van der Waals surface area contributed by atoms with Crippen LogP contribution in [0.3, 0.4) is 0 Å². The number of nitriles is 1. The molecule has 5 rings (SSSR count). The van der Waals surface area contributed by atoms with Crippen molar-refractivity contribution in [3.05, 3.63) is 107 Å². The fraction of sp³-hybridized carbons (Fsp3) is 0.125. The molecule has 0 radical (unpaired) electrons. The standard InChI is InChI=1S/C32H27N5O4S/c1-40-27-15-9-14-23(31(27)41-2)24-18-26(21-10-5-3-6-11-21)34-32(25(24)20-33)42-17-16-29(38)35-28-19-30(39)37(36-28)22-12-7-4-8-13-22/h3-15,18-19,36H,16-17H2,1-2H3,(H,35,38). The number of hydrogen-bond donors (Lipinski definition) is 2. The number of H-pyrrole nitrogens is 1. The summed E-state index contributed by atoms with van der Waals surface area (Å²) in [6.45, 7) is 0. The molecule has 0 spiro atoms. The van der Waals surface area contributed by atoms with Crippen molar-refractivity contribution in [2.45, 2.75) is 11.4 Å². The summed E-state index contributed by atoms with van der Waals surface area (Å²) in [5, 5.41) is 16.4. The van der Waals surface area contributed by atoms with Crippen LogP contribution in [-0.2, 0) is 4.79 Å². The van der Waals surface area contributed by atoms with Crippen molar-refractivity contribution in [3.8, 4) is 45.6 Å². The molecule has 5 aromatic rings. The molecule has 2 heterocycles. The molecule has 42 heavy (non-hydrogen) atoms. The molecule has 0 aliphatic carbocycles. The second kappa shape index (κ2) is 12.9. The average molecular weight is 578 g/mol. The Morgan fingerprint density at radius 1 is 0.976 bits per heavy atom. The third kappa shape index (κ3) is 6.06. The van der Waals surface area contributed by atoms with Gasteiger partial charge in [0.05, 0.1) is 31.2 Å². The van der Waals surface area contributed by atoms with E-state index in [1.165, 1.54) is 22.5 Å². The number of nitrogens with one attached hydrogen (secondary N) is 2. The minimum Gasteiger partial charge on any atom is -0.493 e. The van der Waals surface area contributed by atoms with Crippen LogP contribution in [-0.4, -0.2) is 40.6 Å². The first-order chi connectivity index (χ1) is 20.5. The van der Waals surface area contributed by atoms with E-state index in [0.29, 0.717) is 56.2 Å². The number of pyridine rings is 1. The van der Waals surface area contributed by atoms with Gasteiger partial charge in [-0.25, -0.2) is 9.67 Å². The minimum atomic E-state index is -0.285. The predicted molar refractivity (Wildman–Crippen MR) is 163 cm³/mol. The highest BCUT2D eigenvalue weighted by atomic mass is 32.2. The largest absolute Gasteiger partial charge is 0.493 e. The molecule has 1 amide bonds. The van der Waals surface area contributed by atoms with Crippen LogP contribution in [0.2, 0.25) is 0 Å². The quantitative estimate of drug-likeness (QED) is 0.198. The van der Waals surface area contributed by atoms with Crippen molar-refractivity contribution < 1.29 is 14.3 Å². The van der Waals surface area contributed by atoms with Crippen LogP contribution in [0.1, 0.15) is 12.0 Å². The Hall–Kier alpha value is -5.27. The average Bonchev–Trinajstić information content (AvgIpc) is 3.40. The number of aromatic amines is 1. The Balaban J connectivity index is 1.40. The van der Waals surface area contributed by atoms with Crippen molar-refractivity contribution in [3.63, 3.8) is 0 Å². The van der Waals surface area contributed by atoms with E-state index in [2.05, 4.69) is 16.5 Å². The van der Waals surface area contributed by atoms with Crippen LogP contribution in [0.4, 0.5) is 5.82 Å².